The summed E-state index contributed by atoms with van der Waals surface area (Å²) in [5, 5.41) is 12.3. The summed E-state index contributed by atoms with van der Waals surface area (Å²) >= 11 is 0. The number of carbonyl (C=O) groups is 1. The first-order valence-electron chi connectivity index (χ1n) is 4.71. The molecule has 4 N–H and O–H groups in total. The average Bonchev–Trinajstić information content (AvgIpc) is 2.68. The number of hydrogen-bond acceptors (Lipinski definition) is 4. The minimum Gasteiger partial charge on any atom is -0.380 e. The maximum atomic E-state index is 11.7. The molecule has 1 amide bonds. The lowest BCUT2D eigenvalue weighted by molar-refractivity contribution is 0.102. The van der Waals surface area contributed by atoms with Gasteiger partial charge in [-0.1, -0.05) is 18.2 Å². The number of amides is 1. The van der Waals surface area contributed by atoms with Gasteiger partial charge in [0.1, 0.15) is 0 Å². The number of aryl methyl sites for hydroxylation is 1. The molecule has 6 heteroatoms. The van der Waals surface area contributed by atoms with E-state index in [0.29, 0.717) is 0 Å². The minimum absolute atomic E-state index is 0.0890. The van der Waals surface area contributed by atoms with Crippen molar-refractivity contribution in [1.29, 1.82) is 0 Å². The van der Waals surface area contributed by atoms with E-state index in [2.05, 4.69) is 20.7 Å². The average molecular weight is 217 g/mol. The van der Waals surface area contributed by atoms with Gasteiger partial charge in [-0.3, -0.25) is 4.79 Å². The van der Waals surface area contributed by atoms with Crippen molar-refractivity contribution in [2.75, 3.05) is 11.1 Å². The van der Waals surface area contributed by atoms with Gasteiger partial charge in [0.15, 0.2) is 11.5 Å². The number of aromatic amines is 1. The summed E-state index contributed by atoms with van der Waals surface area (Å²) < 4.78 is 0. The van der Waals surface area contributed by atoms with Crippen LogP contribution in [0.1, 0.15) is 16.1 Å². The molecule has 0 aliphatic heterocycles. The van der Waals surface area contributed by atoms with Crippen molar-refractivity contribution >= 4 is 17.4 Å². The predicted molar refractivity (Wildman–Crippen MR) is 59.9 cm³/mol. The van der Waals surface area contributed by atoms with E-state index in [1.807, 2.05) is 31.2 Å². The summed E-state index contributed by atoms with van der Waals surface area (Å²) in [6, 6.07) is 7.45. The van der Waals surface area contributed by atoms with Crippen LogP contribution >= 0.6 is 0 Å². The van der Waals surface area contributed by atoms with Gasteiger partial charge >= 0.3 is 0 Å². The Morgan fingerprint density at radius 1 is 1.38 bits per heavy atom. The first kappa shape index (κ1) is 10.2. The van der Waals surface area contributed by atoms with Gasteiger partial charge in [-0.15, -0.1) is 10.2 Å². The smallest absolute Gasteiger partial charge is 0.280 e. The molecule has 1 aromatic heterocycles. The summed E-state index contributed by atoms with van der Waals surface area (Å²) in [7, 11) is 0. The number of anilines is 2. The summed E-state index contributed by atoms with van der Waals surface area (Å²) in [5.74, 6) is -0.286. The zero-order valence-electron chi connectivity index (χ0n) is 8.69. The summed E-state index contributed by atoms with van der Waals surface area (Å²) in [6.07, 6.45) is 0. The van der Waals surface area contributed by atoms with Crippen LogP contribution in [0.4, 0.5) is 11.5 Å². The maximum absolute atomic E-state index is 11.7. The van der Waals surface area contributed by atoms with Crippen LogP contribution < -0.4 is 11.1 Å². The number of H-pyrrole nitrogens is 1. The maximum Gasteiger partial charge on any atom is 0.280 e. The first-order valence-corrected chi connectivity index (χ1v) is 4.71. The molecule has 0 spiro atoms. The van der Waals surface area contributed by atoms with Crippen molar-refractivity contribution in [1.82, 2.24) is 15.4 Å². The minimum atomic E-state index is -0.374. The number of benzene rings is 1. The normalized spacial score (nSPS) is 10.1. The molecular weight excluding hydrogens is 206 g/mol. The van der Waals surface area contributed by atoms with E-state index in [9.17, 15) is 4.79 Å². The molecule has 0 saturated heterocycles. The van der Waals surface area contributed by atoms with Crippen LogP contribution in [0.5, 0.6) is 0 Å². The zero-order valence-corrected chi connectivity index (χ0v) is 8.69. The van der Waals surface area contributed by atoms with E-state index in [-0.39, 0.29) is 17.4 Å². The van der Waals surface area contributed by atoms with Crippen molar-refractivity contribution in [2.45, 2.75) is 6.92 Å². The second kappa shape index (κ2) is 4.01. The molecule has 0 bridgehead atoms. The Bertz CT molecular complexity index is 519. The molecule has 6 nitrogen and oxygen atoms in total. The number of aromatic nitrogens is 3. The van der Waals surface area contributed by atoms with E-state index < -0.39 is 0 Å². The quantitative estimate of drug-likeness (QED) is 0.697. The number of nitrogens with zero attached hydrogens (tertiary/aromatic N) is 2. The van der Waals surface area contributed by atoms with E-state index in [4.69, 9.17) is 5.73 Å². The highest BCUT2D eigenvalue weighted by Gasteiger charge is 2.14. The number of rotatable bonds is 2. The monoisotopic (exact) mass is 217 g/mol. The fourth-order valence-corrected chi connectivity index (χ4v) is 1.30. The molecule has 0 aliphatic carbocycles. The largest absolute Gasteiger partial charge is 0.380 e. The van der Waals surface area contributed by atoms with Gasteiger partial charge in [0.2, 0.25) is 0 Å². The van der Waals surface area contributed by atoms with E-state index in [1.54, 1.807) is 0 Å². The Balaban J connectivity index is 2.21. The van der Waals surface area contributed by atoms with Crippen molar-refractivity contribution < 1.29 is 4.79 Å². The van der Waals surface area contributed by atoms with Crippen LogP contribution in [0.2, 0.25) is 0 Å². The lowest BCUT2D eigenvalue weighted by Gasteiger charge is -2.05. The van der Waals surface area contributed by atoms with Gasteiger partial charge in [-0.25, -0.2) is 0 Å². The summed E-state index contributed by atoms with van der Waals surface area (Å²) in [5.41, 5.74) is 7.27. The third-order valence-electron chi connectivity index (χ3n) is 2.18. The Morgan fingerprint density at radius 2 is 2.12 bits per heavy atom. The van der Waals surface area contributed by atoms with Crippen LogP contribution in [0.25, 0.3) is 0 Å². The van der Waals surface area contributed by atoms with Gasteiger partial charge in [-0.2, -0.15) is 5.21 Å². The van der Waals surface area contributed by atoms with Crippen molar-refractivity contribution in [2.24, 2.45) is 0 Å². The van der Waals surface area contributed by atoms with Crippen molar-refractivity contribution in [3.8, 4) is 0 Å². The molecule has 0 unspecified atom stereocenters. The lowest BCUT2D eigenvalue weighted by atomic mass is 10.2. The molecule has 0 saturated carbocycles. The number of carbonyl (C=O) groups excluding carboxylic acids is 1. The topological polar surface area (TPSA) is 96.7 Å². The highest BCUT2D eigenvalue weighted by Crippen LogP contribution is 2.14. The first-order chi connectivity index (χ1) is 7.68. The van der Waals surface area contributed by atoms with Gasteiger partial charge in [0.05, 0.1) is 0 Å². The van der Waals surface area contributed by atoms with Crippen LogP contribution in [0.3, 0.4) is 0 Å². The highest BCUT2D eigenvalue weighted by molar-refractivity contribution is 6.05. The van der Waals surface area contributed by atoms with Crippen LogP contribution in [0.15, 0.2) is 24.3 Å². The van der Waals surface area contributed by atoms with Gasteiger partial charge in [-0.05, 0) is 18.6 Å². The fraction of sp³-hybridized carbons (Fsp3) is 0.100. The standard InChI is InChI=1S/C10H11N5O/c1-6-4-2-3-5-7(6)12-10(16)8-9(11)14-15-13-8/h2-5H,1H3,(H,12,16)(H3,11,13,14,15). The van der Waals surface area contributed by atoms with E-state index in [0.717, 1.165) is 11.3 Å². The molecule has 16 heavy (non-hydrogen) atoms. The number of nitrogens with one attached hydrogen (secondary N) is 2. The molecule has 0 radical (unpaired) electrons. The second-order valence-electron chi connectivity index (χ2n) is 3.33. The predicted octanol–water partition coefficient (Wildman–Crippen LogP) is 0.948. The third kappa shape index (κ3) is 1.85. The molecule has 0 aliphatic rings. The molecule has 0 fully saturated rings. The molecule has 0 atom stereocenters. The van der Waals surface area contributed by atoms with E-state index >= 15 is 0 Å². The Kier molecular flexibility index (Phi) is 2.55. The molecule has 1 heterocycles. The molecule has 82 valence electrons. The molecule has 2 aromatic rings. The zero-order chi connectivity index (χ0) is 11.5. The Morgan fingerprint density at radius 3 is 2.75 bits per heavy atom. The van der Waals surface area contributed by atoms with E-state index in [1.165, 1.54) is 0 Å². The van der Waals surface area contributed by atoms with Crippen LogP contribution in [0, 0.1) is 6.92 Å². The number of nitrogen functional groups attached to an aromatic ring is 1. The van der Waals surface area contributed by atoms with Gasteiger partial charge in [0, 0.05) is 5.69 Å². The molecular formula is C10H11N5O. The Labute approximate surface area is 91.9 Å². The Hall–Kier alpha value is -2.37. The molecule has 1 aromatic carbocycles. The molecule has 2 rings (SSSR count). The lowest BCUT2D eigenvalue weighted by Crippen LogP contribution is -2.14. The third-order valence-corrected chi connectivity index (χ3v) is 2.18. The van der Waals surface area contributed by atoms with Gasteiger partial charge in [0.25, 0.3) is 5.91 Å². The van der Waals surface area contributed by atoms with Crippen molar-refractivity contribution in [3.63, 3.8) is 0 Å². The van der Waals surface area contributed by atoms with Crippen LogP contribution in [-0.4, -0.2) is 21.3 Å². The highest BCUT2D eigenvalue weighted by atomic mass is 16.2. The van der Waals surface area contributed by atoms with Crippen molar-refractivity contribution in [3.05, 3.63) is 35.5 Å². The SMILES string of the molecule is Cc1ccccc1NC(=O)c1n[nH]nc1N. The van der Waals surface area contributed by atoms with Crippen LogP contribution in [-0.2, 0) is 0 Å². The second-order valence-corrected chi connectivity index (χ2v) is 3.33. The fourth-order valence-electron chi connectivity index (χ4n) is 1.30. The number of hydrogen-bond donors (Lipinski definition) is 3. The summed E-state index contributed by atoms with van der Waals surface area (Å²) in [6.45, 7) is 1.90. The van der Waals surface area contributed by atoms with Gasteiger partial charge < -0.3 is 11.1 Å². The number of nitrogens with two attached hydrogens (primary N) is 1. The number of para-hydroxylation sites is 1. The summed E-state index contributed by atoms with van der Waals surface area (Å²) in [4.78, 5) is 11.7.